The summed E-state index contributed by atoms with van der Waals surface area (Å²) in [5.41, 5.74) is 20.4. The second-order valence-electron chi connectivity index (χ2n) is 23.5. The maximum atomic E-state index is 2.70. The van der Waals surface area contributed by atoms with E-state index in [1.54, 1.807) is 0 Å². The molecule has 0 bridgehead atoms. The van der Waals surface area contributed by atoms with E-state index in [4.69, 9.17) is 0 Å². The van der Waals surface area contributed by atoms with Gasteiger partial charge in [-0.3, -0.25) is 0 Å². The number of fused-ring (bicyclic) bond motifs is 4. The fraction of sp³-hybridized carbons (Fsp3) is 0.464. The molecule has 3 heteroatoms. The summed E-state index contributed by atoms with van der Waals surface area (Å²) in [6.07, 6.45) is 6.46. The van der Waals surface area contributed by atoms with Gasteiger partial charge < -0.3 is 9.80 Å². The molecule has 0 aromatic heterocycles. The van der Waals surface area contributed by atoms with Gasteiger partial charge in [-0.15, -0.1) is 0 Å². The van der Waals surface area contributed by atoms with Crippen LogP contribution in [0.4, 0.5) is 34.1 Å². The van der Waals surface area contributed by atoms with Crippen molar-refractivity contribution in [2.75, 3.05) is 9.80 Å². The van der Waals surface area contributed by atoms with Crippen LogP contribution in [0, 0.1) is 0 Å². The second-order valence-corrected chi connectivity index (χ2v) is 23.5. The quantitative estimate of drug-likeness (QED) is 0.165. The molecule has 5 aromatic rings. The summed E-state index contributed by atoms with van der Waals surface area (Å²) >= 11 is 0. The summed E-state index contributed by atoms with van der Waals surface area (Å²) < 4.78 is 0. The van der Waals surface area contributed by atoms with E-state index < -0.39 is 0 Å². The van der Waals surface area contributed by atoms with E-state index in [1.807, 2.05) is 0 Å². The molecule has 59 heavy (non-hydrogen) atoms. The Kier molecular flexibility index (Phi) is 9.97. The highest BCUT2D eigenvalue weighted by molar-refractivity contribution is 7.00. The molecule has 0 spiro atoms. The summed E-state index contributed by atoms with van der Waals surface area (Å²) in [7, 11) is 0. The summed E-state index contributed by atoms with van der Waals surface area (Å²) in [6, 6.07) is 37.1. The lowest BCUT2D eigenvalue weighted by atomic mass is 9.33. The van der Waals surface area contributed by atoms with E-state index in [0.717, 1.165) is 0 Å². The Hall–Kier alpha value is -4.24. The normalized spacial score (nSPS) is 16.2. The molecule has 0 unspecified atom stereocenters. The first kappa shape index (κ1) is 41.5. The first-order valence-corrected chi connectivity index (χ1v) is 22.7. The summed E-state index contributed by atoms with van der Waals surface area (Å²) in [4.78, 5) is 5.37. The number of benzene rings is 5. The van der Waals surface area contributed by atoms with Crippen LogP contribution in [-0.2, 0) is 27.1 Å². The molecule has 1 saturated carbocycles. The van der Waals surface area contributed by atoms with Crippen molar-refractivity contribution in [3.05, 3.63) is 124 Å². The predicted octanol–water partition coefficient (Wildman–Crippen LogP) is 14.3. The standard InChI is InChI=1S/C56H71BN2/c1-52(2,3)38-22-19-23-43(31-38)58-47-34-39(53(4,5)6)24-26-45(47)57-46-27-25-40(54(7,8)9)35-48(46)59(44-32-41(55(10,11)12)30-42(33-44)56(13,14)15)50-29-37(28-49(58)51(50)57)36-20-17-16-18-21-36/h19,22-36H,16-18,20-21H2,1-15H3. The van der Waals surface area contributed by atoms with Crippen LogP contribution in [0.25, 0.3) is 0 Å². The van der Waals surface area contributed by atoms with Gasteiger partial charge in [0.2, 0.25) is 0 Å². The van der Waals surface area contributed by atoms with Crippen molar-refractivity contribution < 1.29 is 0 Å². The molecule has 2 aliphatic heterocycles. The molecule has 0 saturated heterocycles. The van der Waals surface area contributed by atoms with E-state index in [9.17, 15) is 0 Å². The van der Waals surface area contributed by atoms with E-state index in [0.29, 0.717) is 5.92 Å². The Morgan fingerprint density at radius 1 is 0.407 bits per heavy atom. The maximum Gasteiger partial charge on any atom is 0.252 e. The lowest BCUT2D eigenvalue weighted by molar-refractivity contribution is 0.444. The number of nitrogens with zero attached hydrogens (tertiary/aromatic N) is 2. The van der Waals surface area contributed by atoms with Gasteiger partial charge in [-0.1, -0.05) is 166 Å². The highest BCUT2D eigenvalue weighted by Crippen LogP contribution is 2.49. The van der Waals surface area contributed by atoms with Gasteiger partial charge in [0.25, 0.3) is 6.71 Å². The molecule has 0 radical (unpaired) electrons. The molecule has 0 atom stereocenters. The molecule has 308 valence electrons. The summed E-state index contributed by atoms with van der Waals surface area (Å²) in [5, 5.41) is 0. The van der Waals surface area contributed by atoms with Crippen LogP contribution in [0.15, 0.2) is 91.0 Å². The SMILES string of the molecule is CC(C)(C)c1cccc(N2c3cc(C(C)(C)C)ccc3B3c4ccc(C(C)(C)C)cc4N(c4cc(C(C)(C)C)cc(C(C)(C)C)c4)c4cc(C5CCCCC5)cc2c43)c1. The third-order valence-electron chi connectivity index (χ3n) is 13.8. The Morgan fingerprint density at radius 3 is 1.29 bits per heavy atom. The van der Waals surface area contributed by atoms with Crippen molar-refractivity contribution in [1.82, 2.24) is 0 Å². The zero-order valence-corrected chi connectivity index (χ0v) is 39.2. The van der Waals surface area contributed by atoms with Gasteiger partial charge in [-0.2, -0.15) is 0 Å². The van der Waals surface area contributed by atoms with Crippen LogP contribution < -0.4 is 26.2 Å². The average Bonchev–Trinajstić information content (AvgIpc) is 3.15. The zero-order valence-electron chi connectivity index (χ0n) is 39.2. The smallest absolute Gasteiger partial charge is 0.252 e. The van der Waals surface area contributed by atoms with E-state index in [-0.39, 0.29) is 33.8 Å². The van der Waals surface area contributed by atoms with E-state index in [2.05, 4.69) is 205 Å². The highest BCUT2D eigenvalue weighted by Gasteiger charge is 2.45. The topological polar surface area (TPSA) is 6.48 Å². The second kappa shape index (κ2) is 14.2. The molecule has 3 aliphatic rings. The summed E-state index contributed by atoms with van der Waals surface area (Å²) in [6.45, 7) is 35.5. The van der Waals surface area contributed by atoms with Crippen molar-refractivity contribution >= 4 is 57.2 Å². The Balaban J connectivity index is 1.53. The molecular formula is C56H71BN2. The maximum absolute atomic E-state index is 2.70. The first-order chi connectivity index (χ1) is 27.4. The Bertz CT molecular complexity index is 2380. The van der Waals surface area contributed by atoms with Crippen LogP contribution >= 0.6 is 0 Å². The van der Waals surface area contributed by atoms with Crippen molar-refractivity contribution in [3.63, 3.8) is 0 Å². The predicted molar refractivity (Wildman–Crippen MR) is 260 cm³/mol. The minimum atomic E-state index is -0.00757. The number of hydrogen-bond acceptors (Lipinski definition) is 2. The number of hydrogen-bond donors (Lipinski definition) is 0. The van der Waals surface area contributed by atoms with E-state index in [1.165, 1.54) is 116 Å². The lowest BCUT2D eigenvalue weighted by Gasteiger charge is -2.46. The van der Waals surface area contributed by atoms with Gasteiger partial charge in [0.15, 0.2) is 0 Å². The van der Waals surface area contributed by atoms with Gasteiger partial charge in [-0.25, -0.2) is 0 Å². The van der Waals surface area contributed by atoms with Gasteiger partial charge in [0.05, 0.1) is 0 Å². The minimum absolute atomic E-state index is 0.000857. The van der Waals surface area contributed by atoms with Crippen LogP contribution in [0.3, 0.4) is 0 Å². The van der Waals surface area contributed by atoms with Crippen molar-refractivity contribution in [2.24, 2.45) is 0 Å². The van der Waals surface area contributed by atoms with Gasteiger partial charge >= 0.3 is 0 Å². The molecule has 0 N–H and O–H groups in total. The Labute approximate surface area is 358 Å². The van der Waals surface area contributed by atoms with Crippen LogP contribution in [0.2, 0.25) is 0 Å². The molecule has 8 rings (SSSR count). The van der Waals surface area contributed by atoms with Crippen molar-refractivity contribution in [2.45, 2.75) is 169 Å². The Morgan fingerprint density at radius 2 is 0.831 bits per heavy atom. The first-order valence-electron chi connectivity index (χ1n) is 22.7. The van der Waals surface area contributed by atoms with Crippen molar-refractivity contribution in [1.29, 1.82) is 0 Å². The monoisotopic (exact) mass is 783 g/mol. The molecule has 2 heterocycles. The number of rotatable bonds is 3. The van der Waals surface area contributed by atoms with Crippen molar-refractivity contribution in [3.8, 4) is 0 Å². The van der Waals surface area contributed by atoms with E-state index >= 15 is 0 Å². The molecule has 1 fully saturated rings. The minimum Gasteiger partial charge on any atom is -0.311 e. The molecule has 0 amide bonds. The largest absolute Gasteiger partial charge is 0.311 e. The summed E-state index contributed by atoms with van der Waals surface area (Å²) in [5.74, 6) is 0.545. The van der Waals surface area contributed by atoms with Crippen LogP contribution in [0.1, 0.15) is 175 Å². The average molecular weight is 783 g/mol. The fourth-order valence-electron chi connectivity index (χ4n) is 9.89. The highest BCUT2D eigenvalue weighted by atomic mass is 15.2. The molecule has 2 nitrogen and oxygen atoms in total. The molecule has 5 aromatic carbocycles. The third kappa shape index (κ3) is 7.59. The lowest BCUT2D eigenvalue weighted by Crippen LogP contribution is -2.61. The van der Waals surface area contributed by atoms with Gasteiger partial charge in [0, 0.05) is 34.1 Å². The van der Waals surface area contributed by atoms with Crippen LogP contribution in [-0.4, -0.2) is 6.71 Å². The fourth-order valence-corrected chi connectivity index (χ4v) is 9.89. The van der Waals surface area contributed by atoms with Gasteiger partial charge in [-0.05, 0) is 144 Å². The van der Waals surface area contributed by atoms with Gasteiger partial charge in [0.1, 0.15) is 0 Å². The van der Waals surface area contributed by atoms with Crippen LogP contribution in [0.5, 0.6) is 0 Å². The zero-order chi connectivity index (χ0) is 42.6. The number of anilines is 6. The third-order valence-corrected chi connectivity index (χ3v) is 13.8. The molecular weight excluding hydrogens is 711 g/mol. The molecule has 1 aliphatic carbocycles.